The zero-order valence-electron chi connectivity index (χ0n) is 10.8. The molecule has 1 aromatic heterocycles. The molecule has 0 unspecified atom stereocenters. The lowest BCUT2D eigenvalue weighted by Crippen LogP contribution is -2.17. The molecule has 2 aromatic rings. The highest BCUT2D eigenvalue weighted by atomic mass is 32.2. The Bertz CT molecular complexity index is 771. The first kappa shape index (κ1) is 15.2. The molecule has 4 nitrogen and oxygen atoms in total. The van der Waals surface area contributed by atoms with Gasteiger partial charge in [-0.15, -0.1) is 11.3 Å². The van der Waals surface area contributed by atoms with Gasteiger partial charge in [-0.05, 0) is 30.5 Å². The molecule has 0 aliphatic rings. The molecule has 1 aromatic carbocycles. The molecule has 0 aliphatic heterocycles. The van der Waals surface area contributed by atoms with Crippen LogP contribution in [0.5, 0.6) is 0 Å². The molecular weight excluding hydrogens is 316 g/mol. The molecule has 2 rings (SSSR count). The summed E-state index contributed by atoms with van der Waals surface area (Å²) >= 11 is 1.10. The Morgan fingerprint density at radius 3 is 2.05 bits per heavy atom. The topological polar surface area (TPSA) is 68.3 Å². The van der Waals surface area contributed by atoms with Crippen LogP contribution in [0.1, 0.15) is 5.56 Å². The van der Waals surface area contributed by atoms with Crippen LogP contribution < -0.4 is 0 Å². The van der Waals surface area contributed by atoms with E-state index in [9.17, 15) is 16.8 Å². The van der Waals surface area contributed by atoms with E-state index in [0.717, 1.165) is 16.9 Å². The highest BCUT2D eigenvalue weighted by Crippen LogP contribution is 2.19. The minimum atomic E-state index is -3.58. The fourth-order valence-electron chi connectivity index (χ4n) is 1.62. The van der Waals surface area contributed by atoms with Crippen molar-refractivity contribution in [2.45, 2.75) is 16.0 Å². The van der Waals surface area contributed by atoms with Crippen molar-refractivity contribution in [2.75, 3.05) is 11.5 Å². The zero-order valence-corrected chi connectivity index (χ0v) is 13.3. The second-order valence-corrected chi connectivity index (χ2v) is 9.78. The van der Waals surface area contributed by atoms with Gasteiger partial charge in [0.05, 0.1) is 16.4 Å². The molecule has 0 radical (unpaired) electrons. The van der Waals surface area contributed by atoms with Crippen molar-refractivity contribution in [3.05, 3.63) is 47.3 Å². The highest BCUT2D eigenvalue weighted by molar-refractivity contribution is 7.96. The third-order valence-electron chi connectivity index (χ3n) is 2.80. The predicted octanol–water partition coefficient (Wildman–Crippen LogP) is 2.30. The van der Waals surface area contributed by atoms with Gasteiger partial charge in [-0.2, -0.15) is 0 Å². The van der Waals surface area contributed by atoms with Gasteiger partial charge < -0.3 is 0 Å². The lowest BCUT2D eigenvalue weighted by Gasteiger charge is -2.05. The van der Waals surface area contributed by atoms with Crippen molar-refractivity contribution in [1.29, 1.82) is 0 Å². The first-order valence-electron chi connectivity index (χ1n) is 5.87. The number of rotatable bonds is 5. The molecule has 0 atom stereocenters. The fraction of sp³-hybridized carbons (Fsp3) is 0.231. The summed E-state index contributed by atoms with van der Waals surface area (Å²) in [4.78, 5) is 0.157. The lowest BCUT2D eigenvalue weighted by atomic mass is 10.2. The SMILES string of the molecule is Cc1ccc(S(=O)(=O)CCS(=O)(=O)c2cccs2)cc1. The summed E-state index contributed by atoms with van der Waals surface area (Å²) in [6.45, 7) is 1.86. The molecule has 0 N–H and O–H groups in total. The Kier molecular flexibility index (Phi) is 4.31. The summed E-state index contributed by atoms with van der Waals surface area (Å²) in [6.07, 6.45) is 0. The van der Waals surface area contributed by atoms with Crippen LogP contribution in [0.2, 0.25) is 0 Å². The quantitative estimate of drug-likeness (QED) is 0.843. The molecule has 0 saturated carbocycles. The predicted molar refractivity (Wildman–Crippen MR) is 79.6 cm³/mol. The number of sulfone groups is 2. The monoisotopic (exact) mass is 330 g/mol. The van der Waals surface area contributed by atoms with Gasteiger partial charge in [0.2, 0.25) is 0 Å². The summed E-state index contributed by atoms with van der Waals surface area (Å²) in [7, 11) is -7.10. The first-order chi connectivity index (χ1) is 9.31. The second-order valence-electron chi connectivity index (χ2n) is 4.38. The van der Waals surface area contributed by atoms with Crippen LogP contribution in [-0.4, -0.2) is 28.3 Å². The Morgan fingerprint density at radius 1 is 0.900 bits per heavy atom. The normalized spacial score (nSPS) is 12.4. The van der Waals surface area contributed by atoms with E-state index in [1.807, 2.05) is 6.92 Å². The molecule has 0 aliphatic carbocycles. The van der Waals surface area contributed by atoms with Crippen molar-refractivity contribution >= 4 is 31.0 Å². The summed E-state index contributed by atoms with van der Waals surface area (Å²) in [5.74, 6) is -0.806. The molecule has 7 heteroatoms. The minimum Gasteiger partial charge on any atom is -0.224 e. The van der Waals surface area contributed by atoms with Crippen molar-refractivity contribution in [1.82, 2.24) is 0 Å². The third kappa shape index (κ3) is 3.47. The van der Waals surface area contributed by atoms with Crippen molar-refractivity contribution in [3.63, 3.8) is 0 Å². The van der Waals surface area contributed by atoms with Gasteiger partial charge in [0, 0.05) is 0 Å². The van der Waals surface area contributed by atoms with Gasteiger partial charge in [-0.25, -0.2) is 16.8 Å². The molecule has 1 heterocycles. The van der Waals surface area contributed by atoms with Crippen LogP contribution >= 0.6 is 11.3 Å². The molecule has 0 spiro atoms. The smallest absolute Gasteiger partial charge is 0.188 e. The Morgan fingerprint density at radius 2 is 1.50 bits per heavy atom. The van der Waals surface area contributed by atoms with Gasteiger partial charge >= 0.3 is 0 Å². The number of hydrogen-bond donors (Lipinski definition) is 0. The zero-order chi connectivity index (χ0) is 14.8. The lowest BCUT2D eigenvalue weighted by molar-refractivity contribution is 0.588. The van der Waals surface area contributed by atoms with Crippen LogP contribution in [0.3, 0.4) is 0 Å². The van der Waals surface area contributed by atoms with Crippen LogP contribution in [-0.2, 0) is 19.7 Å². The van der Waals surface area contributed by atoms with Crippen molar-refractivity contribution in [2.24, 2.45) is 0 Å². The van der Waals surface area contributed by atoms with Gasteiger partial charge in [0.25, 0.3) is 0 Å². The van der Waals surface area contributed by atoms with Gasteiger partial charge in [-0.3, -0.25) is 0 Å². The third-order valence-corrected chi connectivity index (χ3v) is 8.00. The molecule has 108 valence electrons. The van der Waals surface area contributed by atoms with E-state index in [-0.39, 0.29) is 9.10 Å². The number of thiophene rings is 1. The largest absolute Gasteiger partial charge is 0.224 e. The van der Waals surface area contributed by atoms with Crippen LogP contribution in [0, 0.1) is 6.92 Å². The van der Waals surface area contributed by atoms with E-state index in [2.05, 4.69) is 0 Å². The van der Waals surface area contributed by atoms with Crippen LogP contribution in [0.15, 0.2) is 50.9 Å². The molecule has 0 amide bonds. The average molecular weight is 330 g/mol. The van der Waals surface area contributed by atoms with E-state index in [0.29, 0.717) is 0 Å². The molecule has 0 fully saturated rings. The Hall–Kier alpha value is -1.18. The van der Waals surface area contributed by atoms with Gasteiger partial charge in [0.15, 0.2) is 19.7 Å². The van der Waals surface area contributed by atoms with E-state index >= 15 is 0 Å². The second kappa shape index (κ2) is 5.67. The van der Waals surface area contributed by atoms with Crippen LogP contribution in [0.25, 0.3) is 0 Å². The first-order valence-corrected chi connectivity index (χ1v) is 10.1. The van der Waals surface area contributed by atoms with Gasteiger partial charge in [-0.1, -0.05) is 23.8 Å². The summed E-state index contributed by atoms with van der Waals surface area (Å²) in [6, 6.07) is 9.51. The Balaban J connectivity index is 2.16. The summed E-state index contributed by atoms with van der Waals surface area (Å²) in [5.41, 5.74) is 0.954. The van der Waals surface area contributed by atoms with E-state index in [1.54, 1.807) is 23.6 Å². The van der Waals surface area contributed by atoms with Crippen molar-refractivity contribution in [3.8, 4) is 0 Å². The fourth-order valence-corrected chi connectivity index (χ4v) is 6.10. The maximum atomic E-state index is 12.1. The standard InChI is InChI=1S/C13H14O4S3/c1-11-4-6-12(7-5-11)19(14,15)9-10-20(16,17)13-3-2-8-18-13/h2-8H,9-10H2,1H3. The maximum absolute atomic E-state index is 12.1. The molecule has 0 bridgehead atoms. The van der Waals surface area contributed by atoms with E-state index in [4.69, 9.17) is 0 Å². The van der Waals surface area contributed by atoms with Crippen LogP contribution in [0.4, 0.5) is 0 Å². The van der Waals surface area contributed by atoms with E-state index in [1.165, 1.54) is 18.2 Å². The molecule has 0 saturated heterocycles. The molecular formula is C13H14O4S3. The van der Waals surface area contributed by atoms with Crippen molar-refractivity contribution < 1.29 is 16.8 Å². The average Bonchev–Trinajstić information content (AvgIpc) is 2.92. The highest BCUT2D eigenvalue weighted by Gasteiger charge is 2.21. The molecule has 20 heavy (non-hydrogen) atoms. The van der Waals surface area contributed by atoms with E-state index < -0.39 is 31.2 Å². The Labute approximate surface area is 122 Å². The minimum absolute atomic E-state index is 0.157. The summed E-state index contributed by atoms with van der Waals surface area (Å²) in [5, 5.41) is 1.65. The maximum Gasteiger partial charge on any atom is 0.188 e. The number of hydrogen-bond acceptors (Lipinski definition) is 5. The number of benzene rings is 1. The van der Waals surface area contributed by atoms with Gasteiger partial charge in [0.1, 0.15) is 4.21 Å². The summed E-state index contributed by atoms with van der Waals surface area (Å²) < 4.78 is 48.3. The number of aryl methyl sites for hydroxylation is 1.